The third-order valence-corrected chi connectivity index (χ3v) is 6.10. The maximum Gasteiger partial charge on any atom is 0.308 e. The summed E-state index contributed by atoms with van der Waals surface area (Å²) < 4.78 is 26.7. The molecule has 1 aromatic heterocycles. The molecular formula is C12H9Cl2NO4S2. The van der Waals surface area contributed by atoms with Gasteiger partial charge in [0, 0.05) is 4.88 Å². The molecule has 0 saturated heterocycles. The van der Waals surface area contributed by atoms with E-state index in [0.717, 1.165) is 11.3 Å². The Balaban J connectivity index is 2.23. The minimum Gasteiger partial charge on any atom is -0.481 e. The van der Waals surface area contributed by atoms with E-state index in [9.17, 15) is 13.2 Å². The van der Waals surface area contributed by atoms with E-state index in [1.54, 1.807) is 0 Å². The summed E-state index contributed by atoms with van der Waals surface area (Å²) in [5.74, 6) is -1.02. The topological polar surface area (TPSA) is 83.5 Å². The minimum atomic E-state index is -3.78. The van der Waals surface area contributed by atoms with Gasteiger partial charge in [-0.25, -0.2) is 8.42 Å². The highest BCUT2D eigenvalue weighted by Crippen LogP contribution is 2.28. The molecule has 0 aliphatic carbocycles. The number of aliphatic carboxylic acids is 1. The van der Waals surface area contributed by atoms with Crippen LogP contribution in [0.15, 0.2) is 34.5 Å². The molecule has 2 aromatic rings. The lowest BCUT2D eigenvalue weighted by atomic mass is 10.3. The molecule has 0 aliphatic rings. The second kappa shape index (κ2) is 6.23. The number of sulfonamides is 1. The molecule has 0 fully saturated rings. The van der Waals surface area contributed by atoms with Gasteiger partial charge in [0.1, 0.15) is 4.21 Å². The second-order valence-electron chi connectivity index (χ2n) is 4.03. The van der Waals surface area contributed by atoms with Gasteiger partial charge in [0.25, 0.3) is 10.0 Å². The van der Waals surface area contributed by atoms with Gasteiger partial charge in [0.2, 0.25) is 0 Å². The normalized spacial score (nSPS) is 11.3. The molecule has 2 rings (SSSR count). The van der Waals surface area contributed by atoms with E-state index in [2.05, 4.69) is 4.72 Å². The Morgan fingerprint density at radius 1 is 1.19 bits per heavy atom. The molecule has 1 aromatic carbocycles. The summed E-state index contributed by atoms with van der Waals surface area (Å²) in [6.45, 7) is 0. The van der Waals surface area contributed by atoms with E-state index in [4.69, 9.17) is 28.3 Å². The van der Waals surface area contributed by atoms with Crippen LogP contribution < -0.4 is 4.72 Å². The van der Waals surface area contributed by atoms with Gasteiger partial charge < -0.3 is 5.11 Å². The Bertz CT molecular complexity index is 786. The Morgan fingerprint density at radius 3 is 2.52 bits per heavy atom. The fourth-order valence-corrected chi connectivity index (χ4v) is 4.21. The average molecular weight is 366 g/mol. The molecule has 0 saturated carbocycles. The number of hydrogen-bond donors (Lipinski definition) is 2. The number of rotatable bonds is 5. The van der Waals surface area contributed by atoms with Crippen LogP contribution in [0.25, 0.3) is 0 Å². The first kappa shape index (κ1) is 16.1. The lowest BCUT2D eigenvalue weighted by molar-refractivity contribution is -0.136. The first-order valence-corrected chi connectivity index (χ1v) is 8.62. The first-order valence-electron chi connectivity index (χ1n) is 5.56. The highest BCUT2D eigenvalue weighted by Gasteiger charge is 2.18. The Morgan fingerprint density at radius 2 is 1.90 bits per heavy atom. The maximum absolute atomic E-state index is 12.2. The van der Waals surface area contributed by atoms with Crippen LogP contribution in [0.5, 0.6) is 0 Å². The van der Waals surface area contributed by atoms with Crippen LogP contribution in [-0.2, 0) is 21.2 Å². The lowest BCUT2D eigenvalue weighted by Gasteiger charge is -2.07. The molecule has 1 heterocycles. The molecule has 21 heavy (non-hydrogen) atoms. The van der Waals surface area contributed by atoms with Crippen LogP contribution in [0.2, 0.25) is 10.0 Å². The van der Waals surface area contributed by atoms with Crippen molar-refractivity contribution in [2.45, 2.75) is 10.6 Å². The number of carbonyl (C=O) groups is 1. The van der Waals surface area contributed by atoms with Crippen molar-refractivity contribution in [2.75, 3.05) is 4.72 Å². The zero-order valence-electron chi connectivity index (χ0n) is 10.3. The monoisotopic (exact) mass is 365 g/mol. The van der Waals surface area contributed by atoms with E-state index in [0.29, 0.717) is 9.90 Å². The van der Waals surface area contributed by atoms with Crippen LogP contribution in [0.1, 0.15) is 4.88 Å². The fourth-order valence-electron chi connectivity index (χ4n) is 1.51. The van der Waals surface area contributed by atoms with Crippen molar-refractivity contribution in [2.24, 2.45) is 0 Å². The van der Waals surface area contributed by atoms with E-state index in [1.165, 1.54) is 30.3 Å². The highest BCUT2D eigenvalue weighted by molar-refractivity contribution is 7.94. The Labute approximate surface area is 135 Å². The fraction of sp³-hybridized carbons (Fsp3) is 0.0833. The quantitative estimate of drug-likeness (QED) is 0.849. The van der Waals surface area contributed by atoms with Crippen molar-refractivity contribution in [1.82, 2.24) is 0 Å². The van der Waals surface area contributed by atoms with Gasteiger partial charge in [0.15, 0.2) is 0 Å². The number of thiophene rings is 1. The van der Waals surface area contributed by atoms with Crippen molar-refractivity contribution in [3.05, 3.63) is 45.3 Å². The van der Waals surface area contributed by atoms with Crippen molar-refractivity contribution in [3.8, 4) is 0 Å². The zero-order chi connectivity index (χ0) is 15.6. The van der Waals surface area contributed by atoms with Gasteiger partial charge in [-0.2, -0.15) is 0 Å². The molecule has 2 N–H and O–H groups in total. The molecule has 0 spiro atoms. The molecule has 0 atom stereocenters. The molecule has 0 aliphatic heterocycles. The van der Waals surface area contributed by atoms with Crippen LogP contribution >= 0.6 is 34.5 Å². The second-order valence-corrected chi connectivity index (χ2v) is 7.92. The highest BCUT2D eigenvalue weighted by atomic mass is 35.5. The van der Waals surface area contributed by atoms with Gasteiger partial charge in [-0.05, 0) is 30.3 Å². The van der Waals surface area contributed by atoms with Gasteiger partial charge in [-0.1, -0.05) is 23.2 Å². The van der Waals surface area contributed by atoms with Gasteiger partial charge in [-0.15, -0.1) is 11.3 Å². The van der Waals surface area contributed by atoms with Gasteiger partial charge in [0.05, 0.1) is 22.2 Å². The lowest BCUT2D eigenvalue weighted by Crippen LogP contribution is -2.11. The van der Waals surface area contributed by atoms with E-state index in [-0.39, 0.29) is 21.3 Å². The van der Waals surface area contributed by atoms with Crippen molar-refractivity contribution in [3.63, 3.8) is 0 Å². The van der Waals surface area contributed by atoms with Crippen molar-refractivity contribution >= 4 is 56.2 Å². The van der Waals surface area contributed by atoms with Gasteiger partial charge >= 0.3 is 5.97 Å². The van der Waals surface area contributed by atoms with Crippen molar-refractivity contribution in [1.29, 1.82) is 0 Å². The van der Waals surface area contributed by atoms with E-state index < -0.39 is 16.0 Å². The third kappa shape index (κ3) is 4.10. The molecule has 0 bridgehead atoms. The number of hydrogen-bond acceptors (Lipinski definition) is 4. The molecular weight excluding hydrogens is 357 g/mol. The number of benzene rings is 1. The Hall–Kier alpha value is -1.28. The summed E-state index contributed by atoms with van der Waals surface area (Å²) in [7, 11) is -3.78. The first-order chi connectivity index (χ1) is 9.78. The van der Waals surface area contributed by atoms with Gasteiger partial charge in [-0.3, -0.25) is 9.52 Å². The average Bonchev–Trinajstić information content (AvgIpc) is 2.82. The largest absolute Gasteiger partial charge is 0.481 e. The smallest absolute Gasteiger partial charge is 0.308 e. The number of carboxylic acid groups (broad SMARTS) is 1. The number of anilines is 1. The summed E-state index contributed by atoms with van der Waals surface area (Å²) in [5.41, 5.74) is 0.276. The van der Waals surface area contributed by atoms with E-state index >= 15 is 0 Å². The predicted molar refractivity (Wildman–Crippen MR) is 82.9 cm³/mol. The molecule has 112 valence electrons. The maximum atomic E-state index is 12.2. The van der Waals surface area contributed by atoms with Crippen LogP contribution in [0.4, 0.5) is 5.69 Å². The standard InChI is InChI=1S/C12H9Cl2NO4S2/c13-9-3-1-7(5-10(9)14)15-21(18,19)12-4-2-8(20-12)6-11(16)17/h1-5,15H,6H2,(H,16,17). The number of halogens is 2. The third-order valence-electron chi connectivity index (χ3n) is 2.40. The van der Waals surface area contributed by atoms with Crippen LogP contribution in [0, 0.1) is 0 Å². The van der Waals surface area contributed by atoms with Crippen LogP contribution in [0.3, 0.4) is 0 Å². The van der Waals surface area contributed by atoms with Crippen LogP contribution in [-0.4, -0.2) is 19.5 Å². The summed E-state index contributed by atoms with van der Waals surface area (Å²) in [6, 6.07) is 7.20. The Kier molecular flexibility index (Phi) is 4.77. The zero-order valence-corrected chi connectivity index (χ0v) is 13.5. The summed E-state index contributed by atoms with van der Waals surface area (Å²) in [4.78, 5) is 11.1. The van der Waals surface area contributed by atoms with E-state index in [1.807, 2.05) is 0 Å². The minimum absolute atomic E-state index is 0.0322. The molecule has 0 unspecified atom stereocenters. The molecule has 9 heteroatoms. The molecule has 5 nitrogen and oxygen atoms in total. The molecule has 0 amide bonds. The summed E-state index contributed by atoms with van der Waals surface area (Å²) in [6.07, 6.45) is -0.215. The SMILES string of the molecule is O=C(O)Cc1ccc(S(=O)(=O)Nc2ccc(Cl)c(Cl)c2)s1. The van der Waals surface area contributed by atoms with Crippen molar-refractivity contribution < 1.29 is 18.3 Å². The summed E-state index contributed by atoms with van der Waals surface area (Å²) in [5, 5.41) is 9.24. The molecule has 0 radical (unpaired) electrons. The number of carboxylic acids is 1. The number of nitrogens with one attached hydrogen (secondary N) is 1. The predicted octanol–water partition coefficient (Wildman–Crippen LogP) is 3.48. The summed E-state index contributed by atoms with van der Waals surface area (Å²) >= 11 is 12.5.